The molecule has 9 heteroatoms. The molecule has 0 spiro atoms. The van der Waals surface area contributed by atoms with Crippen LogP contribution in [0.25, 0.3) is 0 Å². The lowest BCUT2D eigenvalue weighted by Crippen LogP contribution is -2.56. The van der Waals surface area contributed by atoms with E-state index in [1.807, 2.05) is 39.0 Å². The van der Waals surface area contributed by atoms with Gasteiger partial charge in [0.25, 0.3) is 0 Å². The van der Waals surface area contributed by atoms with Crippen LogP contribution in [-0.2, 0) is 19.1 Å². The molecule has 42 heavy (non-hydrogen) atoms. The number of ether oxygens (including phenoxy) is 1. The van der Waals surface area contributed by atoms with Crippen LogP contribution in [0, 0.1) is 19.8 Å². The summed E-state index contributed by atoms with van der Waals surface area (Å²) in [7, 11) is 0. The molecule has 4 amide bonds. The van der Waals surface area contributed by atoms with Crippen molar-refractivity contribution in [2.24, 2.45) is 11.7 Å². The largest absolute Gasteiger partial charge is 0.444 e. The Morgan fingerprint density at radius 3 is 2.21 bits per heavy atom. The standard InChI is InChI=1S/C33H54N4O5/c1-21(2)17-18-23(4)37(31(40)27(19-20-28(34)38)36-32(41)42-33(6,7)8)29(26-16-12-13-22(3)24(26)5)30(39)35-25-14-10-9-11-15-25/h12-13,16,21,23,25,27,29H,9-11,14-15,17-20H2,1-8H3,(H2,34,38)(H,35,39)(H,36,41). The zero-order chi connectivity index (χ0) is 31.6. The number of hydrogen-bond acceptors (Lipinski definition) is 5. The molecule has 1 aliphatic carbocycles. The lowest BCUT2D eigenvalue weighted by Gasteiger charge is -2.40. The van der Waals surface area contributed by atoms with Crippen molar-refractivity contribution in [2.45, 2.75) is 143 Å². The number of nitrogens with zero attached hydrogens (tertiary/aromatic N) is 1. The van der Waals surface area contributed by atoms with Crippen molar-refractivity contribution in [2.75, 3.05) is 0 Å². The molecule has 236 valence electrons. The van der Waals surface area contributed by atoms with E-state index in [4.69, 9.17) is 10.5 Å². The first-order valence-corrected chi connectivity index (χ1v) is 15.6. The number of hydrogen-bond donors (Lipinski definition) is 3. The number of nitrogens with two attached hydrogens (primary N) is 1. The van der Waals surface area contributed by atoms with E-state index >= 15 is 0 Å². The molecule has 4 N–H and O–H groups in total. The number of amides is 4. The van der Waals surface area contributed by atoms with Gasteiger partial charge in [-0.2, -0.15) is 0 Å². The van der Waals surface area contributed by atoms with Gasteiger partial charge in [-0.3, -0.25) is 14.4 Å². The highest BCUT2D eigenvalue weighted by molar-refractivity contribution is 5.93. The van der Waals surface area contributed by atoms with E-state index in [0.29, 0.717) is 12.3 Å². The number of alkyl carbamates (subject to hydrolysis) is 1. The molecule has 0 bridgehead atoms. The molecular formula is C33H54N4O5. The van der Waals surface area contributed by atoms with Gasteiger partial charge in [0.15, 0.2) is 0 Å². The number of rotatable bonds is 13. The second kappa shape index (κ2) is 15.9. The van der Waals surface area contributed by atoms with Gasteiger partial charge in [-0.05, 0) is 96.3 Å². The molecule has 0 saturated heterocycles. The highest BCUT2D eigenvalue weighted by Crippen LogP contribution is 2.32. The fraction of sp³-hybridized carbons (Fsp3) is 0.697. The van der Waals surface area contributed by atoms with Gasteiger partial charge in [0.1, 0.15) is 17.7 Å². The van der Waals surface area contributed by atoms with Gasteiger partial charge in [-0.15, -0.1) is 0 Å². The molecule has 0 heterocycles. The van der Waals surface area contributed by atoms with Crippen molar-refractivity contribution >= 4 is 23.8 Å². The Morgan fingerprint density at radius 2 is 1.64 bits per heavy atom. The molecule has 1 saturated carbocycles. The topological polar surface area (TPSA) is 131 Å². The predicted octanol–water partition coefficient (Wildman–Crippen LogP) is 5.61. The van der Waals surface area contributed by atoms with Crippen LogP contribution >= 0.6 is 0 Å². The molecule has 1 aromatic carbocycles. The Labute approximate surface area is 252 Å². The Morgan fingerprint density at radius 1 is 1.00 bits per heavy atom. The Kier molecular flexibility index (Phi) is 13.3. The zero-order valence-corrected chi connectivity index (χ0v) is 27.0. The summed E-state index contributed by atoms with van der Waals surface area (Å²) in [6.45, 7) is 15.4. The van der Waals surface area contributed by atoms with Crippen molar-refractivity contribution in [1.29, 1.82) is 0 Å². The third-order valence-electron chi connectivity index (χ3n) is 7.98. The predicted molar refractivity (Wildman–Crippen MR) is 166 cm³/mol. The number of carbonyl (C=O) groups is 4. The lowest BCUT2D eigenvalue weighted by atomic mass is 9.91. The minimum absolute atomic E-state index is 0.00935. The van der Waals surface area contributed by atoms with E-state index in [0.717, 1.165) is 55.2 Å². The monoisotopic (exact) mass is 586 g/mol. The smallest absolute Gasteiger partial charge is 0.408 e. The maximum Gasteiger partial charge on any atom is 0.408 e. The van der Waals surface area contributed by atoms with E-state index in [2.05, 4.69) is 24.5 Å². The first kappa shape index (κ1) is 35.1. The van der Waals surface area contributed by atoms with Crippen molar-refractivity contribution in [3.63, 3.8) is 0 Å². The van der Waals surface area contributed by atoms with Crippen LogP contribution in [-0.4, -0.2) is 52.4 Å². The Bertz CT molecular complexity index is 1070. The molecule has 9 nitrogen and oxygen atoms in total. The fourth-order valence-electron chi connectivity index (χ4n) is 5.50. The van der Waals surface area contributed by atoms with Gasteiger partial charge < -0.3 is 26.0 Å². The SMILES string of the molecule is Cc1cccc(C(C(=O)NC2CCCCC2)N(C(=O)C(CCC(N)=O)NC(=O)OC(C)(C)C)C(C)CCC(C)C)c1C. The summed E-state index contributed by atoms with van der Waals surface area (Å²) < 4.78 is 5.46. The fourth-order valence-corrected chi connectivity index (χ4v) is 5.50. The molecule has 1 fully saturated rings. The van der Waals surface area contributed by atoms with Gasteiger partial charge in [0.05, 0.1) is 0 Å². The quantitative estimate of drug-likeness (QED) is 0.277. The number of aryl methyl sites for hydroxylation is 1. The average molecular weight is 587 g/mol. The molecule has 1 aromatic rings. The number of nitrogens with one attached hydrogen (secondary N) is 2. The van der Waals surface area contributed by atoms with E-state index in [1.165, 1.54) is 0 Å². The van der Waals surface area contributed by atoms with E-state index < -0.39 is 35.6 Å². The second-order valence-corrected chi connectivity index (χ2v) is 13.3. The van der Waals surface area contributed by atoms with Gasteiger partial charge in [-0.1, -0.05) is 51.3 Å². The summed E-state index contributed by atoms with van der Waals surface area (Å²) >= 11 is 0. The van der Waals surface area contributed by atoms with Gasteiger partial charge in [0.2, 0.25) is 17.7 Å². The van der Waals surface area contributed by atoms with Crippen LogP contribution in [0.1, 0.15) is 122 Å². The van der Waals surface area contributed by atoms with E-state index in [1.54, 1.807) is 25.7 Å². The highest BCUT2D eigenvalue weighted by atomic mass is 16.6. The minimum Gasteiger partial charge on any atom is -0.444 e. The number of carbonyl (C=O) groups excluding carboxylic acids is 4. The Hall–Kier alpha value is -3.10. The zero-order valence-electron chi connectivity index (χ0n) is 27.0. The van der Waals surface area contributed by atoms with Crippen LogP contribution < -0.4 is 16.4 Å². The maximum atomic E-state index is 14.6. The normalized spacial score (nSPS) is 16.3. The summed E-state index contributed by atoms with van der Waals surface area (Å²) in [6.07, 6.45) is 5.71. The minimum atomic E-state index is -1.11. The molecule has 3 atom stereocenters. The van der Waals surface area contributed by atoms with Gasteiger partial charge >= 0.3 is 6.09 Å². The molecule has 0 radical (unpaired) electrons. The highest BCUT2D eigenvalue weighted by Gasteiger charge is 2.40. The number of primary amides is 1. The third-order valence-corrected chi connectivity index (χ3v) is 7.98. The van der Waals surface area contributed by atoms with Crippen molar-refractivity contribution in [1.82, 2.24) is 15.5 Å². The third kappa shape index (κ3) is 11.0. The molecular weight excluding hydrogens is 532 g/mol. The van der Waals surface area contributed by atoms with Crippen LogP contribution in [0.3, 0.4) is 0 Å². The second-order valence-electron chi connectivity index (χ2n) is 13.3. The van der Waals surface area contributed by atoms with E-state index in [9.17, 15) is 19.2 Å². The van der Waals surface area contributed by atoms with Gasteiger partial charge in [-0.25, -0.2) is 4.79 Å². The van der Waals surface area contributed by atoms with Crippen molar-refractivity contribution < 1.29 is 23.9 Å². The molecule has 3 unspecified atom stereocenters. The summed E-state index contributed by atoms with van der Waals surface area (Å²) in [5.74, 6) is -0.862. The molecule has 0 aromatic heterocycles. The first-order chi connectivity index (χ1) is 19.6. The molecule has 0 aliphatic heterocycles. The first-order valence-electron chi connectivity index (χ1n) is 15.6. The summed E-state index contributed by atoms with van der Waals surface area (Å²) in [5.41, 5.74) is 7.37. The number of benzene rings is 1. The van der Waals surface area contributed by atoms with Crippen LogP contribution in [0.15, 0.2) is 18.2 Å². The molecule has 1 aliphatic rings. The summed E-state index contributed by atoms with van der Waals surface area (Å²) in [4.78, 5) is 55.1. The van der Waals surface area contributed by atoms with Crippen LogP contribution in [0.4, 0.5) is 4.79 Å². The maximum absolute atomic E-state index is 14.6. The molecule has 2 rings (SSSR count). The summed E-state index contributed by atoms with van der Waals surface area (Å²) in [6, 6.07) is 3.49. The van der Waals surface area contributed by atoms with E-state index in [-0.39, 0.29) is 30.8 Å². The average Bonchev–Trinajstić information content (AvgIpc) is 2.89. The van der Waals surface area contributed by atoms with Crippen LogP contribution in [0.5, 0.6) is 0 Å². The summed E-state index contributed by atoms with van der Waals surface area (Å²) in [5, 5.41) is 5.95. The Balaban J connectivity index is 2.62. The lowest BCUT2D eigenvalue weighted by molar-refractivity contribution is -0.145. The van der Waals surface area contributed by atoms with Gasteiger partial charge in [0, 0.05) is 18.5 Å². The van der Waals surface area contributed by atoms with Crippen LogP contribution in [0.2, 0.25) is 0 Å². The van der Waals surface area contributed by atoms with Crippen molar-refractivity contribution in [3.05, 3.63) is 34.9 Å². The van der Waals surface area contributed by atoms with Crippen molar-refractivity contribution in [3.8, 4) is 0 Å².